The second-order valence-corrected chi connectivity index (χ2v) is 8.17. The third-order valence-corrected chi connectivity index (χ3v) is 5.34. The smallest absolute Gasteiger partial charge is 0.262 e. The van der Waals surface area contributed by atoms with Crippen LogP contribution in [0.5, 0.6) is 5.75 Å². The molecule has 1 amide bonds. The summed E-state index contributed by atoms with van der Waals surface area (Å²) in [6, 6.07) is 12.9. The maximum absolute atomic E-state index is 12.9. The van der Waals surface area contributed by atoms with E-state index in [-0.39, 0.29) is 17.9 Å². The van der Waals surface area contributed by atoms with E-state index in [1.807, 2.05) is 58.9 Å². The number of rotatable bonds is 4. The molecule has 3 aromatic carbocycles. The zero-order valence-electron chi connectivity index (χ0n) is 18.4. The van der Waals surface area contributed by atoms with Gasteiger partial charge in [0, 0.05) is 11.8 Å². The van der Waals surface area contributed by atoms with Crippen LogP contribution in [0.2, 0.25) is 0 Å². The molecule has 0 aliphatic heterocycles. The summed E-state index contributed by atoms with van der Waals surface area (Å²) in [6.45, 7) is 9.72. The number of benzene rings is 3. The molecule has 1 heterocycles. The van der Waals surface area contributed by atoms with Gasteiger partial charge in [-0.2, -0.15) is 0 Å². The van der Waals surface area contributed by atoms with Crippen molar-refractivity contribution in [3.05, 3.63) is 80.5 Å². The largest absolute Gasteiger partial charge is 0.483 e. The minimum absolute atomic E-state index is 0.0745. The summed E-state index contributed by atoms with van der Waals surface area (Å²) in [4.78, 5) is 25.4. The van der Waals surface area contributed by atoms with E-state index < -0.39 is 0 Å². The molecule has 31 heavy (non-hydrogen) atoms. The van der Waals surface area contributed by atoms with Crippen LogP contribution in [0.25, 0.3) is 21.9 Å². The molecule has 4 aromatic rings. The average Bonchev–Trinajstić information content (AvgIpc) is 2.68. The molecule has 0 spiro atoms. The molecule has 4 rings (SSSR count). The van der Waals surface area contributed by atoms with Gasteiger partial charge in [0.1, 0.15) is 16.9 Å². The Labute approximate surface area is 180 Å². The lowest BCUT2D eigenvalue weighted by molar-refractivity contribution is -0.118. The number of hydrogen-bond donors (Lipinski definition) is 1. The number of aryl methyl sites for hydroxylation is 5. The zero-order valence-corrected chi connectivity index (χ0v) is 18.4. The Balaban J connectivity index is 1.58. The molecule has 5 nitrogen and oxygen atoms in total. The molecule has 1 N–H and O–H groups in total. The van der Waals surface area contributed by atoms with Crippen LogP contribution >= 0.6 is 0 Å². The lowest BCUT2D eigenvalue weighted by Crippen LogP contribution is -2.20. The summed E-state index contributed by atoms with van der Waals surface area (Å²) < 4.78 is 11.8. The van der Waals surface area contributed by atoms with Crippen molar-refractivity contribution in [3.8, 4) is 5.75 Å². The van der Waals surface area contributed by atoms with Crippen LogP contribution in [0.3, 0.4) is 0 Å². The summed E-state index contributed by atoms with van der Waals surface area (Å²) in [5.74, 6) is 0.441. The molecule has 0 saturated heterocycles. The van der Waals surface area contributed by atoms with Crippen molar-refractivity contribution in [1.82, 2.24) is 0 Å². The number of fused-ring (bicyclic) bond motifs is 2. The van der Waals surface area contributed by atoms with Gasteiger partial charge in [-0.15, -0.1) is 0 Å². The van der Waals surface area contributed by atoms with Gasteiger partial charge in [-0.1, -0.05) is 23.8 Å². The van der Waals surface area contributed by atoms with Crippen LogP contribution in [0.1, 0.15) is 27.8 Å². The standard InChI is InChI=1S/C26H25NO4/c1-14-8-16(3)25(17(4)9-14)30-13-23(28)27-19-6-7-20-22(12-19)31-26-18(5)10-15(2)11-21(26)24(20)29/h6-12H,13H2,1-5H3,(H,27,28). The molecule has 0 aliphatic carbocycles. The predicted octanol–water partition coefficient (Wildman–Crippen LogP) is 5.51. The summed E-state index contributed by atoms with van der Waals surface area (Å²) in [7, 11) is 0. The summed E-state index contributed by atoms with van der Waals surface area (Å²) >= 11 is 0. The van der Waals surface area contributed by atoms with Crippen LogP contribution < -0.4 is 15.5 Å². The first kappa shape index (κ1) is 20.7. The normalized spacial score (nSPS) is 11.1. The number of hydrogen-bond acceptors (Lipinski definition) is 4. The van der Waals surface area contributed by atoms with E-state index in [4.69, 9.17) is 9.15 Å². The van der Waals surface area contributed by atoms with Crippen molar-refractivity contribution in [3.63, 3.8) is 0 Å². The van der Waals surface area contributed by atoms with Crippen molar-refractivity contribution < 1.29 is 13.9 Å². The molecule has 0 atom stereocenters. The summed E-state index contributed by atoms with van der Waals surface area (Å²) in [5, 5.41) is 3.87. The molecule has 158 valence electrons. The predicted molar refractivity (Wildman–Crippen MR) is 124 cm³/mol. The first-order valence-electron chi connectivity index (χ1n) is 10.2. The van der Waals surface area contributed by atoms with E-state index >= 15 is 0 Å². The molecular formula is C26H25NO4. The SMILES string of the molecule is Cc1cc(C)c(OCC(=O)Nc2ccc3c(=O)c4cc(C)cc(C)c4oc3c2)c(C)c1. The van der Waals surface area contributed by atoms with Crippen LogP contribution in [-0.2, 0) is 4.79 Å². The third kappa shape index (κ3) is 4.04. The molecule has 0 radical (unpaired) electrons. The second kappa shape index (κ2) is 7.91. The van der Waals surface area contributed by atoms with E-state index in [1.165, 1.54) is 0 Å². The quantitative estimate of drug-likeness (QED) is 0.447. The average molecular weight is 415 g/mol. The number of ether oxygens (including phenoxy) is 1. The molecule has 0 bridgehead atoms. The fraction of sp³-hybridized carbons (Fsp3) is 0.231. The molecule has 1 aromatic heterocycles. The number of carbonyl (C=O) groups excluding carboxylic acids is 1. The van der Waals surface area contributed by atoms with Crippen molar-refractivity contribution in [1.29, 1.82) is 0 Å². The monoisotopic (exact) mass is 415 g/mol. The van der Waals surface area contributed by atoms with Crippen LogP contribution in [0, 0.1) is 34.6 Å². The third-order valence-electron chi connectivity index (χ3n) is 5.34. The van der Waals surface area contributed by atoms with E-state index in [9.17, 15) is 9.59 Å². The molecule has 0 fully saturated rings. The number of amides is 1. The molecule has 0 unspecified atom stereocenters. The van der Waals surface area contributed by atoms with Gasteiger partial charge in [0.15, 0.2) is 6.61 Å². The van der Waals surface area contributed by atoms with Gasteiger partial charge in [0.05, 0.1) is 10.8 Å². The lowest BCUT2D eigenvalue weighted by Gasteiger charge is -2.13. The van der Waals surface area contributed by atoms with E-state index in [0.29, 0.717) is 27.6 Å². The maximum Gasteiger partial charge on any atom is 0.262 e. The summed E-state index contributed by atoms with van der Waals surface area (Å²) in [5.41, 5.74) is 6.54. The van der Waals surface area contributed by atoms with Gasteiger partial charge < -0.3 is 14.5 Å². The van der Waals surface area contributed by atoms with E-state index in [1.54, 1.807) is 18.2 Å². The number of nitrogens with one attached hydrogen (secondary N) is 1. The highest BCUT2D eigenvalue weighted by Crippen LogP contribution is 2.26. The van der Waals surface area contributed by atoms with Gasteiger partial charge in [0.2, 0.25) is 5.43 Å². The first-order valence-corrected chi connectivity index (χ1v) is 10.2. The molecule has 5 heteroatoms. The number of anilines is 1. The highest BCUT2D eigenvalue weighted by atomic mass is 16.5. The Morgan fingerprint density at radius 2 is 1.52 bits per heavy atom. The minimum Gasteiger partial charge on any atom is -0.483 e. The van der Waals surface area contributed by atoms with Crippen molar-refractivity contribution >= 4 is 33.5 Å². The molecule has 0 saturated carbocycles. The minimum atomic E-state index is -0.284. The van der Waals surface area contributed by atoms with Gasteiger partial charge in [-0.3, -0.25) is 9.59 Å². The van der Waals surface area contributed by atoms with Gasteiger partial charge >= 0.3 is 0 Å². The molecule has 0 aliphatic rings. The molecular weight excluding hydrogens is 390 g/mol. The topological polar surface area (TPSA) is 68.5 Å². The second-order valence-electron chi connectivity index (χ2n) is 8.17. The van der Waals surface area contributed by atoms with Crippen molar-refractivity contribution in [2.45, 2.75) is 34.6 Å². The Hall–Kier alpha value is -3.60. The lowest BCUT2D eigenvalue weighted by atomic mass is 10.1. The highest BCUT2D eigenvalue weighted by molar-refractivity contribution is 5.96. The first-order chi connectivity index (χ1) is 14.7. The highest BCUT2D eigenvalue weighted by Gasteiger charge is 2.13. The van der Waals surface area contributed by atoms with Crippen LogP contribution in [0.15, 0.2) is 51.7 Å². The zero-order chi connectivity index (χ0) is 22.3. The van der Waals surface area contributed by atoms with E-state index in [0.717, 1.165) is 33.6 Å². The van der Waals surface area contributed by atoms with Gasteiger partial charge in [-0.05, 0) is 75.1 Å². The van der Waals surface area contributed by atoms with Crippen LogP contribution in [-0.4, -0.2) is 12.5 Å². The van der Waals surface area contributed by atoms with Crippen LogP contribution in [0.4, 0.5) is 5.69 Å². The van der Waals surface area contributed by atoms with Gasteiger partial charge in [0.25, 0.3) is 5.91 Å². The maximum atomic E-state index is 12.9. The van der Waals surface area contributed by atoms with Crippen molar-refractivity contribution in [2.75, 3.05) is 11.9 Å². The Morgan fingerprint density at radius 3 is 2.23 bits per heavy atom. The Morgan fingerprint density at radius 1 is 0.871 bits per heavy atom. The Bertz CT molecular complexity index is 1380. The summed E-state index contributed by atoms with van der Waals surface area (Å²) in [6.07, 6.45) is 0. The van der Waals surface area contributed by atoms with E-state index in [2.05, 4.69) is 5.32 Å². The fourth-order valence-electron chi connectivity index (χ4n) is 4.11. The fourth-order valence-corrected chi connectivity index (χ4v) is 4.11. The van der Waals surface area contributed by atoms with Crippen molar-refractivity contribution in [2.24, 2.45) is 0 Å². The van der Waals surface area contributed by atoms with Gasteiger partial charge in [-0.25, -0.2) is 0 Å². The Kier molecular flexibility index (Phi) is 5.27. The number of carbonyl (C=O) groups is 1.